The fraction of sp³-hybridized carbons (Fsp3) is 0.800. The number of hydrogen-bond acceptors (Lipinski definition) is 4. The van der Waals surface area contributed by atoms with Crippen LogP contribution in [0.15, 0.2) is 12.4 Å². The lowest BCUT2D eigenvalue weighted by molar-refractivity contribution is 0.0267. The molecule has 3 rings (SSSR count). The second-order valence-corrected chi connectivity index (χ2v) is 6.14. The summed E-state index contributed by atoms with van der Waals surface area (Å²) in [7, 11) is 0. The average molecular weight is 278 g/mol. The van der Waals surface area contributed by atoms with Crippen molar-refractivity contribution in [3.8, 4) is 0 Å². The molecule has 5 nitrogen and oxygen atoms in total. The van der Waals surface area contributed by atoms with Crippen molar-refractivity contribution in [1.82, 2.24) is 9.55 Å². The highest BCUT2D eigenvalue weighted by Gasteiger charge is 2.27. The van der Waals surface area contributed by atoms with Crippen LogP contribution in [0.25, 0.3) is 0 Å². The van der Waals surface area contributed by atoms with Gasteiger partial charge in [0.15, 0.2) is 0 Å². The number of nitrogens with zero attached hydrogens (tertiary/aromatic N) is 3. The Morgan fingerprint density at radius 3 is 2.90 bits per heavy atom. The number of ether oxygens (including phenoxy) is 1. The van der Waals surface area contributed by atoms with Gasteiger partial charge in [-0.1, -0.05) is 19.3 Å². The predicted octanol–water partition coefficient (Wildman–Crippen LogP) is 1.94. The molecule has 1 aromatic heterocycles. The molecule has 2 aliphatic rings. The fourth-order valence-corrected chi connectivity index (χ4v) is 3.37. The molecule has 1 saturated carbocycles. The van der Waals surface area contributed by atoms with Crippen LogP contribution in [0.4, 0.5) is 5.95 Å². The van der Waals surface area contributed by atoms with Crippen molar-refractivity contribution >= 4 is 5.95 Å². The lowest BCUT2D eigenvalue weighted by Gasteiger charge is -2.36. The van der Waals surface area contributed by atoms with Crippen molar-refractivity contribution < 1.29 is 4.74 Å². The molecule has 1 aliphatic heterocycles. The number of hydrogen-bond donors (Lipinski definition) is 1. The third kappa shape index (κ3) is 2.83. The van der Waals surface area contributed by atoms with Crippen LogP contribution in [-0.2, 0) is 4.74 Å². The zero-order valence-electron chi connectivity index (χ0n) is 12.4. The Labute approximate surface area is 121 Å². The first-order chi connectivity index (χ1) is 9.75. The summed E-state index contributed by atoms with van der Waals surface area (Å²) >= 11 is 0. The highest BCUT2D eigenvalue weighted by Crippen LogP contribution is 2.31. The maximum absolute atomic E-state index is 5.98. The van der Waals surface area contributed by atoms with E-state index in [0.717, 1.165) is 25.6 Å². The van der Waals surface area contributed by atoms with Crippen LogP contribution in [-0.4, -0.2) is 41.4 Å². The van der Waals surface area contributed by atoms with Gasteiger partial charge in [0.1, 0.15) is 0 Å². The summed E-state index contributed by atoms with van der Waals surface area (Å²) in [4.78, 5) is 6.94. The second-order valence-electron chi connectivity index (χ2n) is 6.14. The first-order valence-corrected chi connectivity index (χ1v) is 7.90. The Bertz CT molecular complexity index is 425. The molecule has 0 aromatic carbocycles. The van der Waals surface area contributed by atoms with E-state index in [-0.39, 0.29) is 12.1 Å². The van der Waals surface area contributed by atoms with Crippen LogP contribution < -0.4 is 10.6 Å². The summed E-state index contributed by atoms with van der Waals surface area (Å²) in [6.07, 6.45) is 10.8. The first kappa shape index (κ1) is 13.9. The minimum atomic E-state index is 0.0656. The number of imidazole rings is 1. The molecule has 5 heteroatoms. The molecule has 0 amide bonds. The molecule has 2 atom stereocenters. The molecule has 1 saturated heterocycles. The van der Waals surface area contributed by atoms with Gasteiger partial charge in [0.05, 0.1) is 12.7 Å². The van der Waals surface area contributed by atoms with Crippen molar-refractivity contribution in [2.45, 2.75) is 57.2 Å². The lowest BCUT2D eigenvalue weighted by atomic mass is 9.95. The topological polar surface area (TPSA) is 56.3 Å². The molecule has 1 aromatic rings. The van der Waals surface area contributed by atoms with Gasteiger partial charge in [-0.2, -0.15) is 0 Å². The molecular formula is C15H26N4O. The summed E-state index contributed by atoms with van der Waals surface area (Å²) in [5.74, 6) is 1.10. The molecule has 0 bridgehead atoms. The molecule has 0 spiro atoms. The summed E-state index contributed by atoms with van der Waals surface area (Å²) in [5, 5.41) is 0. The van der Waals surface area contributed by atoms with Gasteiger partial charge in [-0.25, -0.2) is 4.98 Å². The predicted molar refractivity (Wildman–Crippen MR) is 80.0 cm³/mol. The molecule has 2 heterocycles. The van der Waals surface area contributed by atoms with E-state index >= 15 is 0 Å². The highest BCUT2D eigenvalue weighted by atomic mass is 16.5. The number of morpholine rings is 1. The molecule has 2 N–H and O–H groups in total. The Balaban J connectivity index is 1.75. The van der Waals surface area contributed by atoms with E-state index in [0.29, 0.717) is 6.04 Å². The largest absolute Gasteiger partial charge is 0.373 e. The SMILES string of the molecule is CC(N)C1CN(c2nccn2C2CCCCC2)CCO1. The summed E-state index contributed by atoms with van der Waals surface area (Å²) in [6.45, 7) is 4.51. The number of anilines is 1. The Kier molecular flexibility index (Phi) is 4.27. The van der Waals surface area contributed by atoms with Crippen molar-refractivity contribution in [3.05, 3.63) is 12.4 Å². The number of aromatic nitrogens is 2. The van der Waals surface area contributed by atoms with Gasteiger partial charge in [0, 0.05) is 37.6 Å². The maximum Gasteiger partial charge on any atom is 0.205 e. The summed E-state index contributed by atoms with van der Waals surface area (Å²) in [6, 6.07) is 0.689. The van der Waals surface area contributed by atoms with Crippen LogP contribution in [0.3, 0.4) is 0 Å². The van der Waals surface area contributed by atoms with Gasteiger partial charge in [-0.3, -0.25) is 0 Å². The minimum absolute atomic E-state index is 0.0656. The lowest BCUT2D eigenvalue weighted by Crippen LogP contribution is -2.50. The molecule has 2 fully saturated rings. The Morgan fingerprint density at radius 2 is 2.15 bits per heavy atom. The van der Waals surface area contributed by atoms with Gasteiger partial charge < -0.3 is 19.9 Å². The monoisotopic (exact) mass is 278 g/mol. The van der Waals surface area contributed by atoms with Gasteiger partial charge in [-0.15, -0.1) is 0 Å². The van der Waals surface area contributed by atoms with Crippen molar-refractivity contribution in [3.63, 3.8) is 0 Å². The van der Waals surface area contributed by atoms with Crippen LogP contribution >= 0.6 is 0 Å². The van der Waals surface area contributed by atoms with Gasteiger partial charge in [0.2, 0.25) is 5.95 Å². The van der Waals surface area contributed by atoms with E-state index in [1.165, 1.54) is 32.1 Å². The summed E-state index contributed by atoms with van der Waals surface area (Å²) in [5.41, 5.74) is 5.98. The molecular weight excluding hydrogens is 252 g/mol. The van der Waals surface area contributed by atoms with Gasteiger partial charge >= 0.3 is 0 Å². The first-order valence-electron chi connectivity index (χ1n) is 7.90. The van der Waals surface area contributed by atoms with E-state index in [4.69, 9.17) is 10.5 Å². The normalized spacial score (nSPS) is 26.7. The Morgan fingerprint density at radius 1 is 1.35 bits per heavy atom. The van der Waals surface area contributed by atoms with E-state index in [9.17, 15) is 0 Å². The van der Waals surface area contributed by atoms with E-state index in [1.807, 2.05) is 13.1 Å². The van der Waals surface area contributed by atoms with E-state index in [2.05, 4.69) is 20.6 Å². The molecule has 112 valence electrons. The molecule has 20 heavy (non-hydrogen) atoms. The van der Waals surface area contributed by atoms with Crippen molar-refractivity contribution in [2.75, 3.05) is 24.6 Å². The molecule has 1 aliphatic carbocycles. The third-order valence-electron chi connectivity index (χ3n) is 4.58. The Hall–Kier alpha value is -1.07. The van der Waals surface area contributed by atoms with Crippen LogP contribution in [0.1, 0.15) is 45.1 Å². The number of rotatable bonds is 3. The van der Waals surface area contributed by atoms with Crippen LogP contribution in [0.2, 0.25) is 0 Å². The van der Waals surface area contributed by atoms with E-state index in [1.54, 1.807) is 0 Å². The molecule has 0 radical (unpaired) electrons. The number of nitrogens with two attached hydrogens (primary N) is 1. The van der Waals surface area contributed by atoms with Crippen LogP contribution in [0.5, 0.6) is 0 Å². The standard InChI is InChI=1S/C15H26N4O/c1-12(16)14-11-18(9-10-20-14)15-17-7-8-19(15)13-5-3-2-4-6-13/h7-8,12-14H,2-6,9-11,16H2,1H3. The van der Waals surface area contributed by atoms with Gasteiger partial charge in [0.25, 0.3) is 0 Å². The highest BCUT2D eigenvalue weighted by molar-refractivity contribution is 5.33. The molecule has 2 unspecified atom stereocenters. The minimum Gasteiger partial charge on any atom is -0.373 e. The zero-order chi connectivity index (χ0) is 13.9. The van der Waals surface area contributed by atoms with Crippen LogP contribution in [0, 0.1) is 0 Å². The smallest absolute Gasteiger partial charge is 0.205 e. The quantitative estimate of drug-likeness (QED) is 0.918. The third-order valence-corrected chi connectivity index (χ3v) is 4.58. The average Bonchev–Trinajstić information content (AvgIpc) is 2.98. The van der Waals surface area contributed by atoms with Crippen molar-refractivity contribution in [2.24, 2.45) is 5.73 Å². The summed E-state index contributed by atoms with van der Waals surface area (Å²) < 4.78 is 8.13. The maximum atomic E-state index is 5.98. The van der Waals surface area contributed by atoms with Gasteiger partial charge in [-0.05, 0) is 19.8 Å². The van der Waals surface area contributed by atoms with Crippen molar-refractivity contribution in [1.29, 1.82) is 0 Å². The fourth-order valence-electron chi connectivity index (χ4n) is 3.37. The van der Waals surface area contributed by atoms with E-state index < -0.39 is 0 Å². The zero-order valence-corrected chi connectivity index (χ0v) is 12.4. The second kappa shape index (κ2) is 6.14.